The van der Waals surface area contributed by atoms with Gasteiger partial charge in [0.1, 0.15) is 0 Å². The van der Waals surface area contributed by atoms with Gasteiger partial charge in [0.15, 0.2) is 0 Å². The molecule has 0 aliphatic heterocycles. The standard InChI is InChI=1S/C12H17N3OS/c1-8(2)9(13-3)7-11-14-12(15-16-11)10-5-4-6-17-10/h4-6,8-9,13H,7H2,1-3H3. The predicted octanol–water partition coefficient (Wildman–Crippen LogP) is 2.58. The molecule has 2 heterocycles. The van der Waals surface area contributed by atoms with Crippen LogP contribution in [0.25, 0.3) is 10.7 Å². The maximum Gasteiger partial charge on any atom is 0.228 e. The second-order valence-corrected chi connectivity index (χ2v) is 5.28. The lowest BCUT2D eigenvalue weighted by Gasteiger charge is -2.17. The fourth-order valence-electron chi connectivity index (χ4n) is 1.70. The molecule has 2 aromatic heterocycles. The molecule has 2 aromatic rings. The molecule has 1 N–H and O–H groups in total. The van der Waals surface area contributed by atoms with Crippen molar-refractivity contribution in [2.24, 2.45) is 5.92 Å². The highest BCUT2D eigenvalue weighted by Gasteiger charge is 2.16. The van der Waals surface area contributed by atoms with Gasteiger partial charge in [0.2, 0.25) is 11.7 Å². The molecule has 0 radical (unpaired) electrons. The van der Waals surface area contributed by atoms with Crippen LogP contribution in [0.2, 0.25) is 0 Å². The van der Waals surface area contributed by atoms with E-state index in [0.717, 1.165) is 11.3 Å². The van der Waals surface area contributed by atoms with Crippen molar-refractivity contribution in [3.05, 3.63) is 23.4 Å². The minimum absolute atomic E-state index is 0.367. The molecule has 0 spiro atoms. The van der Waals surface area contributed by atoms with Gasteiger partial charge in [-0.05, 0) is 24.4 Å². The van der Waals surface area contributed by atoms with E-state index in [4.69, 9.17) is 4.52 Å². The van der Waals surface area contributed by atoms with Gasteiger partial charge < -0.3 is 9.84 Å². The smallest absolute Gasteiger partial charge is 0.228 e. The molecule has 0 amide bonds. The van der Waals surface area contributed by atoms with Gasteiger partial charge in [-0.2, -0.15) is 4.98 Å². The molecular weight excluding hydrogens is 234 g/mol. The zero-order valence-corrected chi connectivity index (χ0v) is 11.1. The molecular formula is C12H17N3OS. The third kappa shape index (κ3) is 2.92. The van der Waals surface area contributed by atoms with E-state index in [-0.39, 0.29) is 0 Å². The highest BCUT2D eigenvalue weighted by Crippen LogP contribution is 2.21. The number of likely N-dealkylation sites (N-methyl/N-ethyl adjacent to an activating group) is 1. The van der Waals surface area contributed by atoms with Crippen LogP contribution in [0.5, 0.6) is 0 Å². The van der Waals surface area contributed by atoms with E-state index in [9.17, 15) is 0 Å². The van der Waals surface area contributed by atoms with E-state index in [1.54, 1.807) is 11.3 Å². The molecule has 0 aliphatic rings. The van der Waals surface area contributed by atoms with E-state index in [1.165, 1.54) is 0 Å². The van der Waals surface area contributed by atoms with Gasteiger partial charge in [-0.25, -0.2) is 0 Å². The van der Waals surface area contributed by atoms with Gasteiger partial charge in [-0.1, -0.05) is 25.1 Å². The van der Waals surface area contributed by atoms with Crippen molar-refractivity contribution in [1.29, 1.82) is 0 Å². The maximum atomic E-state index is 5.28. The zero-order valence-electron chi connectivity index (χ0n) is 10.3. The van der Waals surface area contributed by atoms with E-state index in [0.29, 0.717) is 23.7 Å². The molecule has 4 nitrogen and oxygen atoms in total. The van der Waals surface area contributed by atoms with Gasteiger partial charge >= 0.3 is 0 Å². The van der Waals surface area contributed by atoms with Crippen LogP contribution in [0.15, 0.2) is 22.0 Å². The van der Waals surface area contributed by atoms with Crippen LogP contribution >= 0.6 is 11.3 Å². The third-order valence-corrected chi connectivity index (χ3v) is 3.65. The van der Waals surface area contributed by atoms with Crippen molar-refractivity contribution in [1.82, 2.24) is 15.5 Å². The van der Waals surface area contributed by atoms with Crippen LogP contribution in [-0.4, -0.2) is 23.2 Å². The second-order valence-electron chi connectivity index (χ2n) is 4.33. The lowest BCUT2D eigenvalue weighted by molar-refractivity contribution is 0.335. The molecule has 0 fully saturated rings. The SMILES string of the molecule is CNC(Cc1nc(-c2cccs2)no1)C(C)C. The lowest BCUT2D eigenvalue weighted by atomic mass is 10.0. The first-order valence-electron chi connectivity index (χ1n) is 5.74. The first-order valence-corrected chi connectivity index (χ1v) is 6.62. The van der Waals surface area contributed by atoms with E-state index < -0.39 is 0 Å². The number of nitrogens with one attached hydrogen (secondary N) is 1. The summed E-state index contributed by atoms with van der Waals surface area (Å²) in [4.78, 5) is 5.46. The first kappa shape index (κ1) is 12.3. The molecule has 0 saturated heterocycles. The summed E-state index contributed by atoms with van der Waals surface area (Å²) in [6, 6.07) is 4.35. The van der Waals surface area contributed by atoms with Gasteiger partial charge in [0, 0.05) is 12.5 Å². The number of aromatic nitrogens is 2. The van der Waals surface area contributed by atoms with Crippen LogP contribution in [0.1, 0.15) is 19.7 Å². The Balaban J connectivity index is 2.08. The second kappa shape index (κ2) is 5.42. The zero-order chi connectivity index (χ0) is 12.3. The summed E-state index contributed by atoms with van der Waals surface area (Å²) in [6.07, 6.45) is 0.770. The monoisotopic (exact) mass is 251 g/mol. The van der Waals surface area contributed by atoms with Crippen molar-refractivity contribution >= 4 is 11.3 Å². The van der Waals surface area contributed by atoms with Crippen LogP contribution in [-0.2, 0) is 6.42 Å². The quantitative estimate of drug-likeness (QED) is 0.887. The largest absolute Gasteiger partial charge is 0.339 e. The number of hydrogen-bond acceptors (Lipinski definition) is 5. The lowest BCUT2D eigenvalue weighted by Crippen LogP contribution is -2.32. The summed E-state index contributed by atoms with van der Waals surface area (Å²) >= 11 is 1.62. The highest BCUT2D eigenvalue weighted by molar-refractivity contribution is 7.13. The van der Waals surface area contributed by atoms with Gasteiger partial charge in [0.25, 0.3) is 0 Å². The normalized spacial score (nSPS) is 13.2. The van der Waals surface area contributed by atoms with E-state index >= 15 is 0 Å². The Hall–Kier alpha value is -1.20. The van der Waals surface area contributed by atoms with Crippen LogP contribution < -0.4 is 5.32 Å². The van der Waals surface area contributed by atoms with Gasteiger partial charge in [-0.3, -0.25) is 0 Å². The number of nitrogens with zero attached hydrogens (tertiary/aromatic N) is 2. The summed E-state index contributed by atoms with van der Waals surface area (Å²) in [5.41, 5.74) is 0. The molecule has 92 valence electrons. The average molecular weight is 251 g/mol. The average Bonchev–Trinajstić information content (AvgIpc) is 2.95. The van der Waals surface area contributed by atoms with Gasteiger partial charge in [0.05, 0.1) is 4.88 Å². The predicted molar refractivity (Wildman–Crippen MR) is 69.0 cm³/mol. The summed E-state index contributed by atoms with van der Waals surface area (Å²) < 4.78 is 5.28. The Morgan fingerprint density at radius 1 is 1.47 bits per heavy atom. The minimum Gasteiger partial charge on any atom is -0.339 e. The molecule has 0 aromatic carbocycles. The van der Waals surface area contributed by atoms with E-state index in [1.807, 2.05) is 24.6 Å². The summed E-state index contributed by atoms with van der Waals surface area (Å²) in [5.74, 6) is 1.92. The molecule has 2 rings (SSSR count). The molecule has 0 bridgehead atoms. The summed E-state index contributed by atoms with van der Waals surface area (Å²) in [6.45, 7) is 4.36. The Labute approximate surface area is 105 Å². The number of hydrogen-bond donors (Lipinski definition) is 1. The molecule has 17 heavy (non-hydrogen) atoms. The molecule has 0 aliphatic carbocycles. The first-order chi connectivity index (χ1) is 8.20. The Morgan fingerprint density at radius 3 is 2.88 bits per heavy atom. The van der Waals surface area contributed by atoms with Crippen LogP contribution in [0, 0.1) is 5.92 Å². The number of rotatable bonds is 5. The van der Waals surface area contributed by atoms with Gasteiger partial charge in [-0.15, -0.1) is 11.3 Å². The van der Waals surface area contributed by atoms with Crippen molar-refractivity contribution in [3.63, 3.8) is 0 Å². The topological polar surface area (TPSA) is 51.0 Å². The Morgan fingerprint density at radius 2 is 2.29 bits per heavy atom. The molecule has 1 unspecified atom stereocenters. The molecule has 1 atom stereocenters. The van der Waals surface area contributed by atoms with Crippen molar-refractivity contribution in [3.8, 4) is 10.7 Å². The summed E-state index contributed by atoms with van der Waals surface area (Å²) in [5, 5.41) is 9.28. The summed E-state index contributed by atoms with van der Waals surface area (Å²) in [7, 11) is 1.96. The minimum atomic E-state index is 0.367. The van der Waals surface area contributed by atoms with Crippen molar-refractivity contribution in [2.75, 3.05) is 7.05 Å². The third-order valence-electron chi connectivity index (χ3n) is 2.78. The molecule has 0 saturated carbocycles. The fourth-order valence-corrected chi connectivity index (χ4v) is 2.35. The van der Waals surface area contributed by atoms with Crippen molar-refractivity contribution in [2.45, 2.75) is 26.3 Å². The van der Waals surface area contributed by atoms with Crippen LogP contribution in [0.4, 0.5) is 0 Å². The van der Waals surface area contributed by atoms with Crippen molar-refractivity contribution < 1.29 is 4.52 Å². The molecule has 5 heteroatoms. The Kier molecular flexibility index (Phi) is 3.91. The number of thiophene rings is 1. The fraction of sp³-hybridized carbons (Fsp3) is 0.500. The highest BCUT2D eigenvalue weighted by atomic mass is 32.1. The van der Waals surface area contributed by atoms with E-state index in [2.05, 4.69) is 29.3 Å². The Bertz CT molecular complexity index is 450. The van der Waals surface area contributed by atoms with Crippen LogP contribution in [0.3, 0.4) is 0 Å². The maximum absolute atomic E-state index is 5.28.